The molecule has 30 heavy (non-hydrogen) atoms. The molecular formula is C22H21N5O3. The van der Waals surface area contributed by atoms with Gasteiger partial charge in [0, 0.05) is 19.3 Å². The smallest absolute Gasteiger partial charge is 0.252 e. The molecule has 0 bridgehead atoms. The van der Waals surface area contributed by atoms with E-state index in [4.69, 9.17) is 10.00 Å². The third-order valence-corrected chi connectivity index (χ3v) is 5.07. The Morgan fingerprint density at radius 3 is 2.77 bits per heavy atom. The minimum Gasteiger partial charge on any atom is -0.493 e. The van der Waals surface area contributed by atoms with Gasteiger partial charge in [-0.05, 0) is 49.1 Å². The van der Waals surface area contributed by atoms with Gasteiger partial charge in [0.2, 0.25) is 5.88 Å². The van der Waals surface area contributed by atoms with Gasteiger partial charge in [-0.15, -0.1) is 0 Å². The zero-order valence-electron chi connectivity index (χ0n) is 16.3. The van der Waals surface area contributed by atoms with Gasteiger partial charge in [-0.1, -0.05) is 12.1 Å². The van der Waals surface area contributed by atoms with E-state index < -0.39 is 0 Å². The van der Waals surface area contributed by atoms with E-state index in [-0.39, 0.29) is 17.9 Å². The van der Waals surface area contributed by atoms with Crippen molar-refractivity contribution in [2.24, 2.45) is 0 Å². The highest BCUT2D eigenvalue weighted by molar-refractivity contribution is 5.93. The van der Waals surface area contributed by atoms with Crippen molar-refractivity contribution in [2.75, 3.05) is 13.2 Å². The van der Waals surface area contributed by atoms with Crippen LogP contribution in [-0.2, 0) is 4.74 Å². The van der Waals surface area contributed by atoms with Crippen molar-refractivity contribution in [1.82, 2.24) is 20.1 Å². The van der Waals surface area contributed by atoms with Gasteiger partial charge in [0.1, 0.15) is 0 Å². The number of aromatic nitrogens is 3. The summed E-state index contributed by atoms with van der Waals surface area (Å²) in [5.74, 6) is 0.124. The number of nitrogens with one attached hydrogen (secondary N) is 1. The number of amides is 1. The first-order valence-electron chi connectivity index (χ1n) is 9.79. The highest BCUT2D eigenvalue weighted by Crippen LogP contribution is 2.30. The van der Waals surface area contributed by atoms with Crippen molar-refractivity contribution in [3.05, 3.63) is 59.9 Å². The van der Waals surface area contributed by atoms with Gasteiger partial charge in [0.25, 0.3) is 5.91 Å². The number of nitriles is 1. The summed E-state index contributed by atoms with van der Waals surface area (Å²) in [5.41, 5.74) is 2.24. The fraction of sp³-hybridized carbons (Fsp3) is 0.273. The quantitative estimate of drug-likeness (QED) is 0.654. The first-order chi connectivity index (χ1) is 14.7. The molecule has 0 saturated carbocycles. The lowest BCUT2D eigenvalue weighted by molar-refractivity contribution is 0.0907. The summed E-state index contributed by atoms with van der Waals surface area (Å²) < 4.78 is 6.85. The van der Waals surface area contributed by atoms with Gasteiger partial charge in [-0.2, -0.15) is 15.0 Å². The number of carbonyl (C=O) groups excluding carboxylic acids is 1. The van der Waals surface area contributed by atoms with E-state index in [1.165, 1.54) is 17.1 Å². The molecule has 1 aliphatic heterocycles. The Hall–Kier alpha value is -3.70. The topological polar surface area (TPSA) is 113 Å². The molecule has 1 amide bonds. The molecular weight excluding hydrogens is 382 g/mol. The fourth-order valence-corrected chi connectivity index (χ4v) is 3.40. The Bertz CT molecular complexity index is 1060. The SMILES string of the molecule is N#Cc1ccc(-c2cnn(-c3ccc(C(=O)NCCC4CCCO4)cn3)c2O)cc1. The first kappa shape index (κ1) is 19.6. The summed E-state index contributed by atoms with van der Waals surface area (Å²) in [6.07, 6.45) is 6.15. The number of rotatable bonds is 6. The van der Waals surface area contributed by atoms with Crippen LogP contribution in [0.25, 0.3) is 16.9 Å². The highest BCUT2D eigenvalue weighted by Gasteiger charge is 2.17. The molecule has 0 radical (unpaired) electrons. The van der Waals surface area contributed by atoms with Crippen molar-refractivity contribution < 1.29 is 14.6 Å². The molecule has 2 aromatic heterocycles. The lowest BCUT2D eigenvalue weighted by atomic mass is 10.1. The van der Waals surface area contributed by atoms with Crippen LogP contribution < -0.4 is 5.32 Å². The number of nitrogens with zero attached hydrogens (tertiary/aromatic N) is 4. The van der Waals surface area contributed by atoms with Crippen LogP contribution in [-0.4, -0.2) is 45.0 Å². The largest absolute Gasteiger partial charge is 0.493 e. The molecule has 1 unspecified atom stereocenters. The van der Waals surface area contributed by atoms with Crippen molar-refractivity contribution in [3.8, 4) is 28.9 Å². The predicted molar refractivity (Wildman–Crippen MR) is 109 cm³/mol. The second kappa shape index (κ2) is 8.76. The summed E-state index contributed by atoms with van der Waals surface area (Å²) in [4.78, 5) is 16.6. The number of pyridine rings is 1. The number of aromatic hydroxyl groups is 1. The molecule has 1 aromatic carbocycles. The van der Waals surface area contributed by atoms with E-state index in [0.29, 0.717) is 29.1 Å². The Labute approximate surface area is 173 Å². The maximum Gasteiger partial charge on any atom is 0.252 e. The Morgan fingerprint density at radius 1 is 1.27 bits per heavy atom. The molecule has 4 rings (SSSR count). The number of carbonyl (C=O) groups is 1. The van der Waals surface area contributed by atoms with E-state index in [1.807, 2.05) is 0 Å². The van der Waals surface area contributed by atoms with Crippen LogP contribution in [0.2, 0.25) is 0 Å². The van der Waals surface area contributed by atoms with Gasteiger partial charge < -0.3 is 15.2 Å². The number of hydrogen-bond donors (Lipinski definition) is 2. The third kappa shape index (κ3) is 4.16. The molecule has 1 aliphatic rings. The average molecular weight is 403 g/mol. The molecule has 8 nitrogen and oxygen atoms in total. The van der Waals surface area contributed by atoms with E-state index in [0.717, 1.165) is 31.4 Å². The van der Waals surface area contributed by atoms with Crippen LogP contribution in [0.15, 0.2) is 48.8 Å². The number of benzene rings is 1. The Morgan fingerprint density at radius 2 is 2.10 bits per heavy atom. The summed E-state index contributed by atoms with van der Waals surface area (Å²) in [6, 6.07) is 12.2. The molecule has 1 saturated heterocycles. The molecule has 2 N–H and O–H groups in total. The van der Waals surface area contributed by atoms with Crippen molar-refractivity contribution in [1.29, 1.82) is 5.26 Å². The average Bonchev–Trinajstić information content (AvgIpc) is 3.44. The second-order valence-corrected chi connectivity index (χ2v) is 7.07. The summed E-state index contributed by atoms with van der Waals surface area (Å²) in [5, 5.41) is 26.5. The predicted octanol–water partition coefficient (Wildman–Crippen LogP) is 2.81. The summed E-state index contributed by atoms with van der Waals surface area (Å²) in [6.45, 7) is 1.36. The maximum absolute atomic E-state index is 12.3. The van der Waals surface area contributed by atoms with E-state index in [2.05, 4.69) is 21.5 Å². The van der Waals surface area contributed by atoms with Crippen LogP contribution in [0.1, 0.15) is 35.2 Å². The van der Waals surface area contributed by atoms with Gasteiger partial charge in [-0.3, -0.25) is 4.79 Å². The molecule has 0 aliphatic carbocycles. The third-order valence-electron chi connectivity index (χ3n) is 5.07. The molecule has 1 atom stereocenters. The zero-order valence-corrected chi connectivity index (χ0v) is 16.3. The summed E-state index contributed by atoms with van der Waals surface area (Å²) in [7, 11) is 0. The van der Waals surface area contributed by atoms with Crippen LogP contribution >= 0.6 is 0 Å². The van der Waals surface area contributed by atoms with Crippen LogP contribution in [0.5, 0.6) is 5.88 Å². The molecule has 0 spiro atoms. The standard InChI is InChI=1S/C22H21N5O3/c23-12-15-3-5-16(6-4-15)19-14-26-27(22(19)29)20-8-7-17(13-25-20)21(28)24-10-9-18-2-1-11-30-18/h3-8,13-14,18,29H,1-2,9-11H2,(H,24,28). The van der Waals surface area contributed by atoms with Crippen molar-refractivity contribution in [3.63, 3.8) is 0 Å². The minimum absolute atomic E-state index is 0.0685. The van der Waals surface area contributed by atoms with Crippen LogP contribution in [0.4, 0.5) is 0 Å². The van der Waals surface area contributed by atoms with Crippen molar-refractivity contribution in [2.45, 2.75) is 25.4 Å². The van der Waals surface area contributed by atoms with E-state index >= 15 is 0 Å². The fourth-order valence-electron chi connectivity index (χ4n) is 3.40. The summed E-state index contributed by atoms with van der Waals surface area (Å²) >= 11 is 0. The van der Waals surface area contributed by atoms with Crippen LogP contribution in [0, 0.1) is 11.3 Å². The van der Waals surface area contributed by atoms with Gasteiger partial charge in [0.05, 0.1) is 35.1 Å². The van der Waals surface area contributed by atoms with Crippen LogP contribution in [0.3, 0.4) is 0 Å². The maximum atomic E-state index is 12.3. The van der Waals surface area contributed by atoms with Gasteiger partial charge in [-0.25, -0.2) is 4.98 Å². The minimum atomic E-state index is -0.199. The molecule has 8 heteroatoms. The number of hydrogen-bond acceptors (Lipinski definition) is 6. The monoisotopic (exact) mass is 403 g/mol. The first-order valence-corrected chi connectivity index (χ1v) is 9.79. The second-order valence-electron chi connectivity index (χ2n) is 7.07. The van der Waals surface area contributed by atoms with E-state index in [1.54, 1.807) is 36.4 Å². The Kier molecular flexibility index (Phi) is 5.72. The lowest BCUT2D eigenvalue weighted by Crippen LogP contribution is -2.27. The molecule has 3 aromatic rings. The lowest BCUT2D eigenvalue weighted by Gasteiger charge is -2.10. The van der Waals surface area contributed by atoms with E-state index in [9.17, 15) is 9.90 Å². The van der Waals surface area contributed by atoms with Gasteiger partial charge >= 0.3 is 0 Å². The molecule has 152 valence electrons. The number of ether oxygens (including phenoxy) is 1. The molecule has 1 fully saturated rings. The normalized spacial score (nSPS) is 15.6. The molecule has 3 heterocycles. The highest BCUT2D eigenvalue weighted by atomic mass is 16.5. The zero-order chi connectivity index (χ0) is 20.9. The van der Waals surface area contributed by atoms with Gasteiger partial charge in [0.15, 0.2) is 5.82 Å². The Balaban J connectivity index is 1.43. The van der Waals surface area contributed by atoms with Crippen molar-refractivity contribution >= 4 is 5.91 Å².